The summed E-state index contributed by atoms with van der Waals surface area (Å²) in [4.78, 5) is 0. The van der Waals surface area contributed by atoms with Gasteiger partial charge in [0.25, 0.3) is 0 Å². The second kappa shape index (κ2) is 6.86. The normalized spacial score (nSPS) is 15.1. The Morgan fingerprint density at radius 2 is 1.86 bits per heavy atom. The summed E-state index contributed by atoms with van der Waals surface area (Å²) in [5, 5.41) is 4.13. The lowest BCUT2D eigenvalue weighted by molar-refractivity contribution is 0.210. The van der Waals surface area contributed by atoms with Crippen LogP contribution < -0.4 is 10.1 Å². The SMILES string of the molecule is Clc1cccc(NCc2cccc(OC3CCCC3)c2)c1. The molecule has 0 unspecified atom stereocenters. The largest absolute Gasteiger partial charge is 0.490 e. The second-order valence-electron chi connectivity index (χ2n) is 5.54. The Balaban J connectivity index is 1.60. The van der Waals surface area contributed by atoms with E-state index in [1.807, 2.05) is 30.3 Å². The summed E-state index contributed by atoms with van der Waals surface area (Å²) in [6, 6.07) is 16.1. The van der Waals surface area contributed by atoms with E-state index in [0.717, 1.165) is 23.0 Å². The highest BCUT2D eigenvalue weighted by atomic mass is 35.5. The molecule has 110 valence electrons. The summed E-state index contributed by atoms with van der Waals surface area (Å²) in [6.07, 6.45) is 5.36. The van der Waals surface area contributed by atoms with Crippen LogP contribution in [0.1, 0.15) is 31.2 Å². The first-order valence-corrected chi connectivity index (χ1v) is 7.92. The topological polar surface area (TPSA) is 21.3 Å². The second-order valence-corrected chi connectivity index (χ2v) is 5.97. The Morgan fingerprint density at radius 1 is 1.05 bits per heavy atom. The van der Waals surface area contributed by atoms with E-state index < -0.39 is 0 Å². The molecule has 21 heavy (non-hydrogen) atoms. The number of ether oxygens (including phenoxy) is 1. The molecular weight excluding hydrogens is 282 g/mol. The van der Waals surface area contributed by atoms with Crippen molar-refractivity contribution in [3.63, 3.8) is 0 Å². The van der Waals surface area contributed by atoms with Gasteiger partial charge in [0.1, 0.15) is 5.75 Å². The average Bonchev–Trinajstić information content (AvgIpc) is 2.99. The first-order valence-electron chi connectivity index (χ1n) is 7.55. The molecule has 0 spiro atoms. The Bertz CT molecular complexity index is 593. The molecule has 1 N–H and O–H groups in total. The molecule has 0 bridgehead atoms. The molecule has 3 heteroatoms. The number of hydrogen-bond acceptors (Lipinski definition) is 2. The molecule has 0 saturated heterocycles. The average molecular weight is 302 g/mol. The van der Waals surface area contributed by atoms with Crippen molar-refractivity contribution in [1.29, 1.82) is 0 Å². The number of rotatable bonds is 5. The van der Waals surface area contributed by atoms with Gasteiger partial charge in [-0.05, 0) is 61.6 Å². The van der Waals surface area contributed by atoms with E-state index in [1.54, 1.807) is 0 Å². The van der Waals surface area contributed by atoms with E-state index in [1.165, 1.54) is 31.2 Å². The van der Waals surface area contributed by atoms with Crippen LogP contribution in [-0.4, -0.2) is 6.10 Å². The summed E-state index contributed by atoms with van der Waals surface area (Å²) in [5.74, 6) is 0.979. The smallest absolute Gasteiger partial charge is 0.120 e. The van der Waals surface area contributed by atoms with Crippen molar-refractivity contribution in [2.45, 2.75) is 38.3 Å². The van der Waals surface area contributed by atoms with E-state index >= 15 is 0 Å². The van der Waals surface area contributed by atoms with Gasteiger partial charge in [0.05, 0.1) is 6.10 Å². The number of benzene rings is 2. The van der Waals surface area contributed by atoms with Gasteiger partial charge in [-0.1, -0.05) is 29.8 Å². The molecule has 0 atom stereocenters. The van der Waals surface area contributed by atoms with Crippen molar-refractivity contribution in [3.8, 4) is 5.75 Å². The summed E-state index contributed by atoms with van der Waals surface area (Å²) < 4.78 is 6.04. The van der Waals surface area contributed by atoms with Gasteiger partial charge >= 0.3 is 0 Å². The molecule has 0 aliphatic heterocycles. The molecule has 2 aromatic carbocycles. The Morgan fingerprint density at radius 3 is 2.67 bits per heavy atom. The van der Waals surface area contributed by atoms with Crippen LogP contribution >= 0.6 is 11.6 Å². The molecule has 1 fully saturated rings. The Labute approximate surface area is 131 Å². The lowest BCUT2D eigenvalue weighted by Crippen LogP contribution is -2.11. The van der Waals surface area contributed by atoms with Gasteiger partial charge in [0.2, 0.25) is 0 Å². The molecule has 0 aromatic heterocycles. The molecule has 0 heterocycles. The monoisotopic (exact) mass is 301 g/mol. The van der Waals surface area contributed by atoms with E-state index in [-0.39, 0.29) is 0 Å². The third-order valence-corrected chi connectivity index (χ3v) is 4.06. The maximum absolute atomic E-state index is 6.04. The molecule has 1 saturated carbocycles. The van der Waals surface area contributed by atoms with Crippen LogP contribution in [-0.2, 0) is 6.54 Å². The minimum absolute atomic E-state index is 0.404. The van der Waals surface area contributed by atoms with Crippen molar-refractivity contribution < 1.29 is 4.74 Å². The van der Waals surface area contributed by atoms with E-state index in [9.17, 15) is 0 Å². The van der Waals surface area contributed by atoms with Crippen molar-refractivity contribution in [3.05, 3.63) is 59.1 Å². The van der Waals surface area contributed by atoms with Gasteiger partial charge in [-0.25, -0.2) is 0 Å². The van der Waals surface area contributed by atoms with Crippen LogP contribution in [0.3, 0.4) is 0 Å². The van der Waals surface area contributed by atoms with Crippen LogP contribution in [0.15, 0.2) is 48.5 Å². The minimum atomic E-state index is 0.404. The van der Waals surface area contributed by atoms with Gasteiger partial charge in [-0.3, -0.25) is 0 Å². The molecule has 1 aliphatic carbocycles. The molecule has 0 radical (unpaired) electrons. The van der Waals surface area contributed by atoms with Gasteiger partial charge in [0.15, 0.2) is 0 Å². The zero-order chi connectivity index (χ0) is 14.5. The van der Waals surface area contributed by atoms with Gasteiger partial charge < -0.3 is 10.1 Å². The summed E-state index contributed by atoms with van der Waals surface area (Å²) in [7, 11) is 0. The van der Waals surface area contributed by atoms with Crippen LogP contribution in [0.2, 0.25) is 5.02 Å². The van der Waals surface area contributed by atoms with E-state index in [4.69, 9.17) is 16.3 Å². The Hall–Kier alpha value is -1.67. The number of hydrogen-bond donors (Lipinski definition) is 1. The summed E-state index contributed by atoms with van der Waals surface area (Å²) in [5.41, 5.74) is 2.25. The van der Waals surface area contributed by atoms with Crippen LogP contribution in [0.25, 0.3) is 0 Å². The maximum Gasteiger partial charge on any atom is 0.120 e. The third kappa shape index (κ3) is 4.15. The fourth-order valence-corrected chi connectivity index (χ4v) is 2.92. The summed E-state index contributed by atoms with van der Waals surface area (Å²) in [6.45, 7) is 0.766. The van der Waals surface area contributed by atoms with Crippen molar-refractivity contribution >= 4 is 17.3 Å². The highest BCUT2D eigenvalue weighted by Crippen LogP contribution is 2.25. The molecule has 2 nitrogen and oxygen atoms in total. The van der Waals surface area contributed by atoms with Crippen LogP contribution in [0.4, 0.5) is 5.69 Å². The third-order valence-electron chi connectivity index (χ3n) is 3.82. The number of halogens is 1. The Kier molecular flexibility index (Phi) is 4.66. The predicted molar refractivity (Wildman–Crippen MR) is 88.1 cm³/mol. The summed E-state index contributed by atoms with van der Waals surface area (Å²) >= 11 is 5.99. The standard InChI is InChI=1S/C18H20ClNO/c19-15-6-4-7-16(12-15)20-13-14-5-3-10-18(11-14)21-17-8-1-2-9-17/h3-7,10-12,17,20H,1-2,8-9,13H2. The highest BCUT2D eigenvalue weighted by Gasteiger charge is 2.16. The first-order chi connectivity index (χ1) is 10.3. The fraction of sp³-hybridized carbons (Fsp3) is 0.333. The molecule has 3 rings (SSSR count). The van der Waals surface area contributed by atoms with Crippen molar-refractivity contribution in [2.24, 2.45) is 0 Å². The van der Waals surface area contributed by atoms with Crippen LogP contribution in [0.5, 0.6) is 5.75 Å². The molecule has 0 amide bonds. The minimum Gasteiger partial charge on any atom is -0.490 e. The molecule has 1 aliphatic rings. The fourth-order valence-electron chi connectivity index (χ4n) is 2.73. The van der Waals surface area contributed by atoms with Gasteiger partial charge in [0, 0.05) is 17.3 Å². The van der Waals surface area contributed by atoms with Gasteiger partial charge in [-0.2, -0.15) is 0 Å². The molecular formula is C18H20ClNO. The quantitative estimate of drug-likeness (QED) is 0.812. The van der Waals surface area contributed by atoms with Crippen LogP contribution in [0, 0.1) is 0 Å². The zero-order valence-corrected chi connectivity index (χ0v) is 12.8. The van der Waals surface area contributed by atoms with Crippen molar-refractivity contribution in [1.82, 2.24) is 0 Å². The maximum atomic E-state index is 6.04. The van der Waals surface area contributed by atoms with E-state index in [2.05, 4.69) is 23.5 Å². The molecule has 2 aromatic rings. The number of anilines is 1. The first kappa shape index (κ1) is 14.3. The number of nitrogens with one attached hydrogen (secondary N) is 1. The van der Waals surface area contributed by atoms with Crippen molar-refractivity contribution in [2.75, 3.05) is 5.32 Å². The predicted octanol–water partition coefficient (Wildman–Crippen LogP) is 5.27. The lowest BCUT2D eigenvalue weighted by Gasteiger charge is -2.14. The van der Waals surface area contributed by atoms with E-state index in [0.29, 0.717) is 6.10 Å². The lowest BCUT2D eigenvalue weighted by atomic mass is 10.2. The zero-order valence-electron chi connectivity index (χ0n) is 12.0. The van der Waals surface area contributed by atoms with Gasteiger partial charge in [-0.15, -0.1) is 0 Å². The highest BCUT2D eigenvalue weighted by molar-refractivity contribution is 6.30.